The lowest BCUT2D eigenvalue weighted by atomic mass is 10.1. The normalized spacial score (nSPS) is 15.6. The van der Waals surface area contributed by atoms with Crippen LogP contribution in [-0.2, 0) is 0 Å². The molecular formula is C18H22F2N4OS. The van der Waals surface area contributed by atoms with Crippen molar-refractivity contribution in [2.24, 2.45) is 0 Å². The van der Waals surface area contributed by atoms with Gasteiger partial charge in [0.1, 0.15) is 0 Å². The van der Waals surface area contributed by atoms with Gasteiger partial charge in [-0.05, 0) is 25.1 Å². The van der Waals surface area contributed by atoms with E-state index in [2.05, 4.69) is 19.8 Å². The predicted molar refractivity (Wildman–Crippen MR) is 100 cm³/mol. The van der Waals surface area contributed by atoms with Crippen LogP contribution in [0, 0.1) is 0 Å². The summed E-state index contributed by atoms with van der Waals surface area (Å²) in [4.78, 5) is 22.6. The molecule has 1 N–H and O–H groups in total. The molecule has 1 aromatic heterocycles. The lowest BCUT2D eigenvalue weighted by Gasteiger charge is -2.36. The van der Waals surface area contributed by atoms with Gasteiger partial charge in [-0.25, -0.2) is 13.8 Å². The molecule has 140 valence electrons. The van der Waals surface area contributed by atoms with Gasteiger partial charge in [0.25, 0.3) is 12.0 Å². The number of nitrogens with zero attached hydrogens (tertiary/aromatic N) is 3. The van der Waals surface area contributed by atoms with Gasteiger partial charge in [-0.15, -0.1) is 0 Å². The van der Waals surface area contributed by atoms with Crippen LogP contribution >= 0.6 is 11.8 Å². The highest BCUT2D eigenvalue weighted by Crippen LogP contribution is 2.24. The molecule has 0 aliphatic carbocycles. The van der Waals surface area contributed by atoms with Crippen molar-refractivity contribution in [1.29, 1.82) is 0 Å². The largest absolute Gasteiger partial charge is 0.369 e. The zero-order valence-corrected chi connectivity index (χ0v) is 15.2. The molecule has 0 amide bonds. The van der Waals surface area contributed by atoms with E-state index < -0.39 is 6.43 Å². The fourth-order valence-electron chi connectivity index (χ4n) is 2.97. The van der Waals surface area contributed by atoms with E-state index in [0.717, 1.165) is 50.6 Å². The van der Waals surface area contributed by atoms with Crippen LogP contribution < -0.4 is 10.5 Å². The van der Waals surface area contributed by atoms with Gasteiger partial charge in [-0.3, -0.25) is 9.69 Å². The maximum absolute atomic E-state index is 12.8. The van der Waals surface area contributed by atoms with Gasteiger partial charge < -0.3 is 9.88 Å². The first-order valence-corrected chi connectivity index (χ1v) is 9.64. The summed E-state index contributed by atoms with van der Waals surface area (Å²) in [5.41, 5.74) is 0.821. The second kappa shape index (κ2) is 9.14. The predicted octanol–water partition coefficient (Wildman–Crippen LogP) is 3.01. The van der Waals surface area contributed by atoms with Crippen molar-refractivity contribution in [3.8, 4) is 0 Å². The summed E-state index contributed by atoms with van der Waals surface area (Å²) >= 11 is 1.55. The Bertz CT molecular complexity index is 763. The zero-order chi connectivity index (χ0) is 18.4. The van der Waals surface area contributed by atoms with E-state index >= 15 is 0 Å². The molecule has 1 aliphatic rings. The molecule has 1 aromatic carbocycles. The summed E-state index contributed by atoms with van der Waals surface area (Å²) in [7, 11) is 0. The third-order valence-corrected chi connectivity index (χ3v) is 5.34. The summed E-state index contributed by atoms with van der Waals surface area (Å²) in [6, 6.07) is 8.05. The first-order chi connectivity index (χ1) is 12.6. The third-order valence-electron chi connectivity index (χ3n) is 4.36. The van der Waals surface area contributed by atoms with E-state index in [0.29, 0.717) is 5.16 Å². The van der Waals surface area contributed by atoms with Crippen LogP contribution in [0.4, 0.5) is 14.5 Å². The van der Waals surface area contributed by atoms with Gasteiger partial charge in [0.2, 0.25) is 0 Å². The molecule has 0 saturated carbocycles. The van der Waals surface area contributed by atoms with Crippen molar-refractivity contribution >= 4 is 17.4 Å². The number of alkyl halides is 2. The van der Waals surface area contributed by atoms with Crippen molar-refractivity contribution in [2.45, 2.75) is 18.0 Å². The number of aromatic amines is 1. The fraction of sp³-hybridized carbons (Fsp3) is 0.444. The highest BCUT2D eigenvalue weighted by atomic mass is 32.2. The zero-order valence-electron chi connectivity index (χ0n) is 14.4. The first kappa shape index (κ1) is 18.8. The topological polar surface area (TPSA) is 52.2 Å². The van der Waals surface area contributed by atoms with E-state index in [1.807, 2.05) is 6.07 Å². The number of anilines is 1. The van der Waals surface area contributed by atoms with Crippen LogP contribution in [0.15, 0.2) is 46.5 Å². The van der Waals surface area contributed by atoms with E-state index in [1.165, 1.54) is 18.3 Å². The second-order valence-corrected chi connectivity index (χ2v) is 7.25. The Morgan fingerprint density at radius 1 is 1.19 bits per heavy atom. The van der Waals surface area contributed by atoms with Gasteiger partial charge in [0, 0.05) is 55.4 Å². The lowest BCUT2D eigenvalue weighted by molar-refractivity contribution is 0.151. The van der Waals surface area contributed by atoms with Gasteiger partial charge in [-0.2, -0.15) is 0 Å². The average molecular weight is 380 g/mol. The molecule has 3 rings (SSSR count). The van der Waals surface area contributed by atoms with E-state index in [4.69, 9.17) is 0 Å². The molecule has 0 radical (unpaired) electrons. The first-order valence-electron chi connectivity index (χ1n) is 8.65. The molecule has 1 saturated heterocycles. The van der Waals surface area contributed by atoms with E-state index in [-0.39, 0.29) is 11.1 Å². The van der Waals surface area contributed by atoms with Gasteiger partial charge >= 0.3 is 0 Å². The molecule has 1 aliphatic heterocycles. The smallest absolute Gasteiger partial charge is 0.263 e. The number of H-pyrrole nitrogens is 1. The van der Waals surface area contributed by atoms with Crippen LogP contribution in [-0.4, -0.2) is 53.3 Å². The number of hydrogen-bond donors (Lipinski definition) is 1. The number of benzene rings is 1. The SMILES string of the molecule is O=c1ccnc(SCCCN2CCN(c3cccc(C(F)F)c3)CC2)[nH]1. The molecule has 0 atom stereocenters. The quantitative estimate of drug-likeness (QED) is 0.455. The van der Waals surface area contributed by atoms with Crippen molar-refractivity contribution in [3.63, 3.8) is 0 Å². The number of hydrogen-bond acceptors (Lipinski definition) is 5. The number of nitrogens with one attached hydrogen (secondary N) is 1. The molecule has 0 bridgehead atoms. The van der Waals surface area contributed by atoms with Crippen molar-refractivity contribution in [3.05, 3.63) is 52.4 Å². The Hall–Kier alpha value is -1.93. The van der Waals surface area contributed by atoms with Crippen LogP contribution in [0.3, 0.4) is 0 Å². The van der Waals surface area contributed by atoms with Crippen molar-refractivity contribution in [2.75, 3.05) is 43.4 Å². The molecule has 8 heteroatoms. The minimum Gasteiger partial charge on any atom is -0.369 e. The Morgan fingerprint density at radius 2 is 2.00 bits per heavy atom. The Labute approximate surface area is 155 Å². The van der Waals surface area contributed by atoms with Crippen molar-refractivity contribution in [1.82, 2.24) is 14.9 Å². The van der Waals surface area contributed by atoms with Crippen molar-refractivity contribution < 1.29 is 8.78 Å². The average Bonchev–Trinajstić information content (AvgIpc) is 2.66. The van der Waals surface area contributed by atoms with Crippen LogP contribution in [0.1, 0.15) is 18.4 Å². The van der Waals surface area contributed by atoms with Crippen LogP contribution in [0.2, 0.25) is 0 Å². The minimum absolute atomic E-state index is 0.0783. The molecular weight excluding hydrogens is 358 g/mol. The fourth-order valence-corrected chi connectivity index (χ4v) is 3.74. The maximum Gasteiger partial charge on any atom is 0.263 e. The van der Waals surface area contributed by atoms with E-state index in [9.17, 15) is 13.6 Å². The summed E-state index contributed by atoms with van der Waals surface area (Å²) in [6.07, 6.45) is 0.0934. The summed E-state index contributed by atoms with van der Waals surface area (Å²) < 4.78 is 25.7. The molecule has 1 fully saturated rings. The Kier molecular flexibility index (Phi) is 6.62. The number of halogens is 2. The second-order valence-electron chi connectivity index (χ2n) is 6.17. The Morgan fingerprint density at radius 3 is 2.73 bits per heavy atom. The molecule has 2 aromatic rings. The highest BCUT2D eigenvalue weighted by molar-refractivity contribution is 7.99. The monoisotopic (exact) mass is 380 g/mol. The van der Waals surface area contributed by atoms with Gasteiger partial charge in [0.05, 0.1) is 0 Å². The molecule has 5 nitrogen and oxygen atoms in total. The standard InChI is InChI=1S/C18H22F2N4OS/c19-17(20)14-3-1-4-15(13-14)24-10-8-23(9-11-24)7-2-12-26-18-21-6-5-16(25)22-18/h1,3-6,13,17H,2,7-12H2,(H,21,22,25). The Balaban J connectivity index is 1.40. The summed E-state index contributed by atoms with van der Waals surface area (Å²) in [6.45, 7) is 4.50. The molecule has 0 spiro atoms. The molecule has 26 heavy (non-hydrogen) atoms. The highest BCUT2D eigenvalue weighted by Gasteiger charge is 2.18. The summed E-state index contributed by atoms with van der Waals surface area (Å²) in [5, 5.41) is 0.654. The maximum atomic E-state index is 12.8. The van der Waals surface area contributed by atoms with Gasteiger partial charge in [0.15, 0.2) is 5.16 Å². The van der Waals surface area contributed by atoms with Crippen LogP contribution in [0.5, 0.6) is 0 Å². The number of piperazine rings is 1. The number of aromatic nitrogens is 2. The lowest BCUT2D eigenvalue weighted by Crippen LogP contribution is -2.46. The molecule has 0 unspecified atom stereocenters. The summed E-state index contributed by atoms with van der Waals surface area (Å²) in [5.74, 6) is 0.892. The van der Waals surface area contributed by atoms with E-state index in [1.54, 1.807) is 23.9 Å². The molecule has 2 heterocycles. The minimum atomic E-state index is -2.43. The third kappa shape index (κ3) is 5.28. The van der Waals surface area contributed by atoms with Crippen LogP contribution in [0.25, 0.3) is 0 Å². The van der Waals surface area contributed by atoms with Gasteiger partial charge in [-0.1, -0.05) is 23.9 Å². The number of thioether (sulfide) groups is 1. The number of rotatable bonds is 7.